The van der Waals surface area contributed by atoms with Crippen LogP contribution < -0.4 is 5.73 Å². The highest BCUT2D eigenvalue weighted by atomic mass is 32.1. The van der Waals surface area contributed by atoms with Crippen LogP contribution in [0, 0.1) is 5.92 Å². The molecule has 0 atom stereocenters. The molecule has 16 heavy (non-hydrogen) atoms. The zero-order chi connectivity index (χ0) is 11.4. The van der Waals surface area contributed by atoms with Gasteiger partial charge in [0.1, 0.15) is 0 Å². The Labute approximate surface area is 100 Å². The lowest BCUT2D eigenvalue weighted by molar-refractivity contribution is 0.0847. The first-order chi connectivity index (χ1) is 7.81. The van der Waals surface area contributed by atoms with Crippen LogP contribution in [0.5, 0.6) is 0 Å². The SMILES string of the molecule is NCCN1CCC(C(=O)c2cccs2)CC1. The Hall–Kier alpha value is -0.710. The van der Waals surface area contributed by atoms with Gasteiger partial charge in [0.2, 0.25) is 0 Å². The van der Waals surface area contributed by atoms with Gasteiger partial charge in [-0.25, -0.2) is 0 Å². The lowest BCUT2D eigenvalue weighted by Crippen LogP contribution is -2.38. The van der Waals surface area contributed by atoms with E-state index >= 15 is 0 Å². The number of nitrogens with zero attached hydrogens (tertiary/aromatic N) is 1. The van der Waals surface area contributed by atoms with Crippen LogP contribution in [0.4, 0.5) is 0 Å². The molecule has 1 saturated heterocycles. The predicted molar refractivity (Wildman–Crippen MR) is 66.9 cm³/mol. The maximum atomic E-state index is 12.1. The topological polar surface area (TPSA) is 46.3 Å². The molecule has 0 bridgehead atoms. The van der Waals surface area contributed by atoms with Gasteiger partial charge in [-0.2, -0.15) is 0 Å². The second kappa shape index (κ2) is 5.57. The summed E-state index contributed by atoms with van der Waals surface area (Å²) in [5.74, 6) is 0.565. The molecule has 1 aromatic heterocycles. The van der Waals surface area contributed by atoms with Crippen LogP contribution in [0.3, 0.4) is 0 Å². The molecule has 3 nitrogen and oxygen atoms in total. The van der Waals surface area contributed by atoms with Gasteiger partial charge >= 0.3 is 0 Å². The van der Waals surface area contributed by atoms with Crippen LogP contribution in [0.25, 0.3) is 0 Å². The van der Waals surface area contributed by atoms with E-state index in [-0.39, 0.29) is 5.92 Å². The third-order valence-corrected chi connectivity index (χ3v) is 4.05. The summed E-state index contributed by atoms with van der Waals surface area (Å²) in [7, 11) is 0. The van der Waals surface area contributed by atoms with Crippen molar-refractivity contribution in [3.63, 3.8) is 0 Å². The number of carbonyl (C=O) groups is 1. The first-order valence-electron chi connectivity index (χ1n) is 5.81. The molecule has 1 aliphatic heterocycles. The Morgan fingerprint density at radius 1 is 1.50 bits per heavy atom. The summed E-state index contributed by atoms with van der Waals surface area (Å²) in [4.78, 5) is 15.4. The summed E-state index contributed by atoms with van der Waals surface area (Å²) in [6.07, 6.45) is 1.97. The third-order valence-electron chi connectivity index (χ3n) is 3.17. The van der Waals surface area contributed by atoms with Crippen LogP contribution in [0.1, 0.15) is 22.5 Å². The number of hydrogen-bond acceptors (Lipinski definition) is 4. The molecule has 0 spiro atoms. The van der Waals surface area contributed by atoms with Gasteiger partial charge in [-0.3, -0.25) is 4.79 Å². The molecule has 1 fully saturated rings. The lowest BCUT2D eigenvalue weighted by Gasteiger charge is -2.30. The smallest absolute Gasteiger partial charge is 0.175 e. The second-order valence-corrected chi connectivity index (χ2v) is 5.19. The number of carbonyl (C=O) groups excluding carboxylic acids is 1. The minimum Gasteiger partial charge on any atom is -0.329 e. The highest BCUT2D eigenvalue weighted by Gasteiger charge is 2.25. The van der Waals surface area contributed by atoms with Crippen molar-refractivity contribution in [1.82, 2.24) is 4.90 Å². The third kappa shape index (κ3) is 2.70. The van der Waals surface area contributed by atoms with E-state index in [1.807, 2.05) is 17.5 Å². The molecular formula is C12H18N2OS. The Morgan fingerprint density at radius 2 is 2.25 bits per heavy atom. The van der Waals surface area contributed by atoms with Crippen molar-refractivity contribution < 1.29 is 4.79 Å². The van der Waals surface area contributed by atoms with E-state index in [4.69, 9.17) is 5.73 Å². The normalized spacial score (nSPS) is 18.8. The number of Topliss-reactive ketones (excluding diaryl/α,β-unsaturated/α-hetero) is 1. The molecule has 0 unspecified atom stereocenters. The van der Waals surface area contributed by atoms with E-state index in [0.717, 1.165) is 37.4 Å². The van der Waals surface area contributed by atoms with Crippen molar-refractivity contribution in [2.45, 2.75) is 12.8 Å². The molecular weight excluding hydrogens is 220 g/mol. The minimum atomic E-state index is 0.229. The fourth-order valence-electron chi connectivity index (χ4n) is 2.22. The number of rotatable bonds is 4. The fraction of sp³-hybridized carbons (Fsp3) is 0.583. The van der Waals surface area contributed by atoms with E-state index in [2.05, 4.69) is 4.90 Å². The molecule has 2 rings (SSSR count). The molecule has 88 valence electrons. The van der Waals surface area contributed by atoms with Crippen molar-refractivity contribution in [1.29, 1.82) is 0 Å². The quantitative estimate of drug-likeness (QED) is 0.811. The Bertz CT molecular complexity index is 329. The van der Waals surface area contributed by atoms with E-state index < -0.39 is 0 Å². The van der Waals surface area contributed by atoms with Gasteiger partial charge in [0.15, 0.2) is 5.78 Å². The highest BCUT2D eigenvalue weighted by Crippen LogP contribution is 2.23. The molecule has 4 heteroatoms. The summed E-state index contributed by atoms with van der Waals surface area (Å²) in [6, 6.07) is 3.88. The van der Waals surface area contributed by atoms with Crippen LogP contribution in [0.2, 0.25) is 0 Å². The van der Waals surface area contributed by atoms with Crippen molar-refractivity contribution in [3.05, 3.63) is 22.4 Å². The molecule has 1 aromatic rings. The molecule has 2 heterocycles. The molecule has 0 aromatic carbocycles. The maximum Gasteiger partial charge on any atom is 0.175 e. The monoisotopic (exact) mass is 238 g/mol. The number of thiophene rings is 1. The Kier molecular flexibility index (Phi) is 4.09. The van der Waals surface area contributed by atoms with Crippen LogP contribution >= 0.6 is 11.3 Å². The van der Waals surface area contributed by atoms with Gasteiger partial charge < -0.3 is 10.6 Å². The first-order valence-corrected chi connectivity index (χ1v) is 6.69. The number of ketones is 1. The molecule has 0 radical (unpaired) electrons. The largest absolute Gasteiger partial charge is 0.329 e. The first kappa shape index (κ1) is 11.8. The summed E-state index contributed by atoms with van der Waals surface area (Å²) < 4.78 is 0. The van der Waals surface area contributed by atoms with Gasteiger partial charge in [-0.05, 0) is 37.4 Å². The standard InChI is InChI=1S/C12H18N2OS/c13-5-8-14-6-3-10(4-7-14)12(15)11-2-1-9-16-11/h1-2,9-10H,3-8,13H2. The summed E-state index contributed by atoms with van der Waals surface area (Å²) in [5, 5.41) is 1.97. The fourth-order valence-corrected chi connectivity index (χ4v) is 2.96. The van der Waals surface area contributed by atoms with Crippen LogP contribution in [-0.4, -0.2) is 36.9 Å². The van der Waals surface area contributed by atoms with Gasteiger partial charge in [-0.15, -0.1) is 11.3 Å². The number of likely N-dealkylation sites (tertiary alicyclic amines) is 1. The van der Waals surface area contributed by atoms with Gasteiger partial charge in [0.25, 0.3) is 0 Å². The van der Waals surface area contributed by atoms with E-state index in [9.17, 15) is 4.79 Å². The summed E-state index contributed by atoms with van der Waals surface area (Å²) >= 11 is 1.55. The Balaban J connectivity index is 1.87. The van der Waals surface area contributed by atoms with E-state index in [1.54, 1.807) is 11.3 Å². The summed E-state index contributed by atoms with van der Waals surface area (Å²) in [5.41, 5.74) is 5.52. The molecule has 0 amide bonds. The molecule has 2 N–H and O–H groups in total. The molecule has 1 aliphatic rings. The Morgan fingerprint density at radius 3 is 2.81 bits per heavy atom. The lowest BCUT2D eigenvalue weighted by atomic mass is 9.92. The van der Waals surface area contributed by atoms with Crippen molar-refractivity contribution in [2.24, 2.45) is 11.7 Å². The predicted octanol–water partition coefficient (Wildman–Crippen LogP) is 1.60. The van der Waals surface area contributed by atoms with Crippen LogP contribution in [-0.2, 0) is 0 Å². The zero-order valence-corrected chi connectivity index (χ0v) is 10.2. The van der Waals surface area contributed by atoms with Crippen molar-refractivity contribution in [2.75, 3.05) is 26.2 Å². The maximum absolute atomic E-state index is 12.1. The summed E-state index contributed by atoms with van der Waals surface area (Å²) in [6.45, 7) is 3.70. The van der Waals surface area contributed by atoms with Gasteiger partial charge in [0.05, 0.1) is 4.88 Å². The van der Waals surface area contributed by atoms with E-state index in [0.29, 0.717) is 12.3 Å². The average molecular weight is 238 g/mol. The van der Waals surface area contributed by atoms with Gasteiger partial charge in [-0.1, -0.05) is 6.07 Å². The molecule has 0 aliphatic carbocycles. The average Bonchev–Trinajstić information content (AvgIpc) is 2.83. The van der Waals surface area contributed by atoms with Crippen molar-refractivity contribution in [3.8, 4) is 0 Å². The zero-order valence-electron chi connectivity index (χ0n) is 9.39. The number of piperidine rings is 1. The van der Waals surface area contributed by atoms with E-state index in [1.165, 1.54) is 0 Å². The second-order valence-electron chi connectivity index (χ2n) is 4.25. The molecule has 0 saturated carbocycles. The van der Waals surface area contributed by atoms with Crippen molar-refractivity contribution >= 4 is 17.1 Å². The van der Waals surface area contributed by atoms with Crippen LogP contribution in [0.15, 0.2) is 17.5 Å². The minimum absolute atomic E-state index is 0.229. The highest BCUT2D eigenvalue weighted by molar-refractivity contribution is 7.12. The van der Waals surface area contributed by atoms with Gasteiger partial charge in [0, 0.05) is 19.0 Å². The number of hydrogen-bond donors (Lipinski definition) is 1. The number of nitrogens with two attached hydrogens (primary N) is 1.